The van der Waals surface area contributed by atoms with E-state index < -0.39 is 0 Å². The Bertz CT molecular complexity index is 618. The maximum Gasteiger partial charge on any atom is -0.00203 e. The molecule has 0 radical (unpaired) electrons. The van der Waals surface area contributed by atoms with Gasteiger partial charge in [-0.15, -0.1) is 0 Å². The molecule has 25 heavy (non-hydrogen) atoms. The molecule has 0 unspecified atom stereocenters. The molecule has 0 N–H and O–H groups in total. The van der Waals surface area contributed by atoms with Crippen molar-refractivity contribution in [2.75, 3.05) is 0 Å². The summed E-state index contributed by atoms with van der Waals surface area (Å²) in [4.78, 5) is 0. The summed E-state index contributed by atoms with van der Waals surface area (Å²) in [5.41, 5.74) is 8.15. The lowest BCUT2D eigenvalue weighted by atomic mass is 9.79. The van der Waals surface area contributed by atoms with E-state index in [1.807, 2.05) is 0 Å². The van der Waals surface area contributed by atoms with E-state index in [1.165, 1.54) is 77.0 Å². The predicted molar refractivity (Wildman–Crippen MR) is 108 cm³/mol. The summed E-state index contributed by atoms with van der Waals surface area (Å²) in [7, 11) is 0. The average Bonchev–Trinajstić information content (AvgIpc) is 3.24. The van der Waals surface area contributed by atoms with Crippen LogP contribution in [0.4, 0.5) is 0 Å². The smallest absolute Gasteiger partial charge is 0.00203 e. The second-order valence-electron chi connectivity index (χ2n) is 9.48. The molecule has 0 saturated heterocycles. The van der Waals surface area contributed by atoms with Crippen LogP contribution in [-0.4, -0.2) is 0 Å². The van der Waals surface area contributed by atoms with Crippen molar-refractivity contribution in [3.8, 4) is 0 Å². The van der Waals surface area contributed by atoms with Crippen molar-refractivity contribution in [3.63, 3.8) is 0 Å². The zero-order chi connectivity index (χ0) is 17.2. The lowest BCUT2D eigenvalue weighted by Crippen LogP contribution is -2.12. The van der Waals surface area contributed by atoms with E-state index >= 15 is 0 Å². The summed E-state index contributed by atoms with van der Waals surface area (Å²) in [5, 5.41) is 0. The van der Waals surface area contributed by atoms with E-state index in [1.54, 1.807) is 27.9 Å². The Morgan fingerprint density at radius 3 is 2.44 bits per heavy atom. The minimum absolute atomic E-state index is 0.941. The molecule has 0 aliphatic heterocycles. The highest BCUT2D eigenvalue weighted by Crippen LogP contribution is 2.41. The highest BCUT2D eigenvalue weighted by Gasteiger charge is 2.24. The van der Waals surface area contributed by atoms with Gasteiger partial charge in [0.05, 0.1) is 0 Å². The molecule has 0 aromatic rings. The van der Waals surface area contributed by atoms with Gasteiger partial charge in [0, 0.05) is 0 Å². The minimum Gasteiger partial charge on any atom is -0.0808 e. The van der Waals surface area contributed by atoms with Crippen LogP contribution in [0.25, 0.3) is 0 Å². The van der Waals surface area contributed by atoms with E-state index in [0.717, 1.165) is 17.8 Å². The van der Waals surface area contributed by atoms with Crippen LogP contribution < -0.4 is 0 Å². The average molecular weight is 337 g/mol. The fourth-order valence-electron chi connectivity index (χ4n) is 5.83. The monoisotopic (exact) mass is 336 g/mol. The first-order chi connectivity index (χ1) is 12.2. The van der Waals surface area contributed by atoms with Crippen LogP contribution in [0.2, 0.25) is 0 Å². The van der Waals surface area contributed by atoms with Gasteiger partial charge in [-0.05, 0) is 98.3 Å². The Kier molecular flexibility index (Phi) is 5.34. The van der Waals surface area contributed by atoms with Gasteiger partial charge in [-0.2, -0.15) is 0 Å². The van der Waals surface area contributed by atoms with Gasteiger partial charge in [0.2, 0.25) is 0 Å². The Morgan fingerprint density at radius 2 is 1.68 bits per heavy atom. The Labute approximate surface area is 155 Å². The highest BCUT2D eigenvalue weighted by molar-refractivity contribution is 5.53. The minimum atomic E-state index is 0.941. The summed E-state index contributed by atoms with van der Waals surface area (Å²) >= 11 is 0. The standard InChI is InChI=1S/C25H36/c1-18-7-10-23-16-25(17-24(23)15-18)22-11-8-21(9-12-22)14-19(2)13-20-5-3-4-6-20/h11,15-16,19-21H,3-10,12-14,17H2,1-2H3/t19-,21+/m0/s1. The van der Waals surface area contributed by atoms with Crippen LogP contribution in [0.1, 0.15) is 90.9 Å². The zero-order valence-electron chi connectivity index (χ0n) is 16.4. The molecule has 0 aromatic carbocycles. The van der Waals surface area contributed by atoms with Gasteiger partial charge in [0.15, 0.2) is 0 Å². The molecule has 136 valence electrons. The van der Waals surface area contributed by atoms with Crippen molar-refractivity contribution in [2.24, 2.45) is 17.8 Å². The van der Waals surface area contributed by atoms with Gasteiger partial charge in [-0.3, -0.25) is 0 Å². The highest BCUT2D eigenvalue weighted by atomic mass is 14.3. The second-order valence-corrected chi connectivity index (χ2v) is 9.48. The van der Waals surface area contributed by atoms with Crippen molar-refractivity contribution in [1.29, 1.82) is 0 Å². The Hall–Kier alpha value is -1.04. The SMILES string of the molecule is CC1=CC2=C(C=C(C3=CC[C@@H](C[C@@H](C)CC4CCCC4)CC3)C2)CC1. The van der Waals surface area contributed by atoms with E-state index in [0.29, 0.717) is 0 Å². The zero-order valence-corrected chi connectivity index (χ0v) is 16.4. The maximum atomic E-state index is 2.61. The third kappa shape index (κ3) is 4.21. The first-order valence-corrected chi connectivity index (χ1v) is 11.0. The van der Waals surface area contributed by atoms with E-state index in [9.17, 15) is 0 Å². The van der Waals surface area contributed by atoms with Gasteiger partial charge in [-0.25, -0.2) is 0 Å². The normalized spacial score (nSPS) is 28.6. The van der Waals surface area contributed by atoms with Crippen LogP contribution in [0.15, 0.2) is 46.1 Å². The largest absolute Gasteiger partial charge is 0.0808 e. The topological polar surface area (TPSA) is 0 Å². The maximum absolute atomic E-state index is 2.61. The lowest BCUT2D eigenvalue weighted by molar-refractivity contribution is 0.308. The molecule has 0 heterocycles. The van der Waals surface area contributed by atoms with Gasteiger partial charge in [-0.1, -0.05) is 56.4 Å². The quantitative estimate of drug-likeness (QED) is 0.483. The molecule has 1 saturated carbocycles. The van der Waals surface area contributed by atoms with Crippen LogP contribution in [0, 0.1) is 17.8 Å². The molecule has 0 spiro atoms. The summed E-state index contributed by atoms with van der Waals surface area (Å²) < 4.78 is 0. The Morgan fingerprint density at radius 1 is 0.880 bits per heavy atom. The molecule has 0 bridgehead atoms. The number of hydrogen-bond donors (Lipinski definition) is 0. The molecular formula is C25H36. The fraction of sp³-hybridized carbons (Fsp3) is 0.680. The third-order valence-corrected chi connectivity index (χ3v) is 7.23. The van der Waals surface area contributed by atoms with Crippen LogP contribution in [0.5, 0.6) is 0 Å². The van der Waals surface area contributed by atoms with Gasteiger partial charge < -0.3 is 0 Å². The fourth-order valence-corrected chi connectivity index (χ4v) is 5.83. The lowest BCUT2D eigenvalue weighted by Gasteiger charge is -2.26. The first kappa shape index (κ1) is 17.4. The molecule has 2 atom stereocenters. The van der Waals surface area contributed by atoms with Crippen molar-refractivity contribution in [1.82, 2.24) is 0 Å². The molecule has 4 rings (SSSR count). The summed E-state index contributed by atoms with van der Waals surface area (Å²) in [6, 6.07) is 0. The second kappa shape index (κ2) is 7.68. The van der Waals surface area contributed by atoms with Gasteiger partial charge in [0.1, 0.15) is 0 Å². The van der Waals surface area contributed by atoms with Crippen molar-refractivity contribution in [2.45, 2.75) is 90.9 Å². The molecule has 1 fully saturated rings. The number of allylic oxidation sites excluding steroid dienone is 8. The van der Waals surface area contributed by atoms with Gasteiger partial charge in [0.25, 0.3) is 0 Å². The summed E-state index contributed by atoms with van der Waals surface area (Å²) in [5.74, 6) is 2.95. The first-order valence-electron chi connectivity index (χ1n) is 11.0. The Balaban J connectivity index is 1.28. The van der Waals surface area contributed by atoms with Crippen molar-refractivity contribution < 1.29 is 0 Å². The molecular weight excluding hydrogens is 300 g/mol. The van der Waals surface area contributed by atoms with Crippen LogP contribution >= 0.6 is 0 Å². The molecule has 0 nitrogen and oxygen atoms in total. The van der Waals surface area contributed by atoms with Crippen LogP contribution in [0.3, 0.4) is 0 Å². The summed E-state index contributed by atoms with van der Waals surface area (Å²) in [6.07, 6.45) is 24.4. The number of rotatable bonds is 5. The van der Waals surface area contributed by atoms with E-state index in [4.69, 9.17) is 0 Å². The molecule has 4 aliphatic rings. The molecule has 4 aliphatic carbocycles. The molecule has 0 heteroatoms. The van der Waals surface area contributed by atoms with E-state index in [-0.39, 0.29) is 0 Å². The van der Waals surface area contributed by atoms with Crippen LogP contribution in [-0.2, 0) is 0 Å². The van der Waals surface area contributed by atoms with Crippen molar-refractivity contribution in [3.05, 3.63) is 46.1 Å². The molecule has 0 amide bonds. The van der Waals surface area contributed by atoms with E-state index in [2.05, 4.69) is 32.1 Å². The van der Waals surface area contributed by atoms with Gasteiger partial charge >= 0.3 is 0 Å². The number of hydrogen-bond acceptors (Lipinski definition) is 0. The molecule has 0 aromatic heterocycles. The summed E-state index contributed by atoms with van der Waals surface area (Å²) in [6.45, 7) is 4.81. The third-order valence-electron chi connectivity index (χ3n) is 7.23. The predicted octanol–water partition coefficient (Wildman–Crippen LogP) is 7.69. The van der Waals surface area contributed by atoms with Crippen molar-refractivity contribution >= 4 is 0 Å².